The molecule has 4 rings (SSSR count). The number of amides is 2. The summed E-state index contributed by atoms with van der Waals surface area (Å²) in [4.78, 5) is 40.1. The highest BCUT2D eigenvalue weighted by Crippen LogP contribution is 2.33. The number of carboxylic acid groups (broad SMARTS) is 1. The zero-order valence-corrected chi connectivity index (χ0v) is 11.7. The van der Waals surface area contributed by atoms with Crippen LogP contribution in [-0.2, 0) is 0 Å². The van der Waals surface area contributed by atoms with Crippen molar-refractivity contribution in [3.05, 3.63) is 65.4 Å². The van der Waals surface area contributed by atoms with Gasteiger partial charge in [0.1, 0.15) is 5.69 Å². The average molecular weight is 306 g/mol. The molecule has 0 radical (unpaired) electrons. The Balaban J connectivity index is 1.92. The van der Waals surface area contributed by atoms with Crippen LogP contribution < -0.4 is 4.90 Å². The quantitative estimate of drug-likeness (QED) is 0.712. The minimum atomic E-state index is -1.10. The summed E-state index contributed by atoms with van der Waals surface area (Å²) < 4.78 is 0. The number of benzene rings is 2. The molecule has 2 aromatic carbocycles. The van der Waals surface area contributed by atoms with Gasteiger partial charge >= 0.3 is 5.97 Å². The lowest BCUT2D eigenvalue weighted by Crippen LogP contribution is -2.29. The van der Waals surface area contributed by atoms with Crippen molar-refractivity contribution in [1.29, 1.82) is 0 Å². The van der Waals surface area contributed by atoms with Crippen molar-refractivity contribution in [2.75, 3.05) is 4.90 Å². The van der Waals surface area contributed by atoms with Crippen LogP contribution in [0.5, 0.6) is 0 Å². The van der Waals surface area contributed by atoms with Gasteiger partial charge in [0.25, 0.3) is 11.8 Å². The minimum absolute atomic E-state index is 0.00376. The zero-order valence-electron chi connectivity index (χ0n) is 11.7. The van der Waals surface area contributed by atoms with Crippen molar-refractivity contribution < 1.29 is 19.5 Å². The Hall–Kier alpha value is -3.41. The summed E-state index contributed by atoms with van der Waals surface area (Å²) in [6, 6.07) is 13.0. The fraction of sp³-hybridized carbons (Fsp3) is 0. The third-order valence-electron chi connectivity index (χ3n) is 3.91. The second-order valence-corrected chi connectivity index (χ2v) is 5.22. The molecule has 0 aliphatic carbocycles. The predicted molar refractivity (Wildman–Crippen MR) is 82.8 cm³/mol. The number of hydrogen-bond donors (Lipinski definition) is 2. The van der Waals surface area contributed by atoms with Crippen molar-refractivity contribution in [2.24, 2.45) is 0 Å². The molecular formula is C17H10N2O4. The average Bonchev–Trinajstić information content (AvgIpc) is 3.09. The van der Waals surface area contributed by atoms with Crippen LogP contribution in [0, 0.1) is 0 Å². The van der Waals surface area contributed by atoms with Crippen molar-refractivity contribution in [3.63, 3.8) is 0 Å². The summed E-state index contributed by atoms with van der Waals surface area (Å²) >= 11 is 0. The van der Waals surface area contributed by atoms with Crippen molar-refractivity contribution in [2.45, 2.75) is 0 Å². The molecule has 0 spiro atoms. The Morgan fingerprint density at radius 3 is 2.22 bits per heavy atom. The van der Waals surface area contributed by atoms with Gasteiger partial charge in [-0.05, 0) is 30.3 Å². The van der Waals surface area contributed by atoms with Crippen LogP contribution >= 0.6 is 0 Å². The van der Waals surface area contributed by atoms with Crippen LogP contribution in [0.25, 0.3) is 10.9 Å². The van der Waals surface area contributed by atoms with Gasteiger partial charge in [-0.3, -0.25) is 9.59 Å². The first-order valence-corrected chi connectivity index (χ1v) is 6.91. The van der Waals surface area contributed by atoms with Crippen LogP contribution in [0.3, 0.4) is 0 Å². The second-order valence-electron chi connectivity index (χ2n) is 5.22. The molecule has 1 aromatic heterocycles. The van der Waals surface area contributed by atoms with Gasteiger partial charge in [0.15, 0.2) is 0 Å². The minimum Gasteiger partial charge on any atom is -0.477 e. The molecular weight excluding hydrogens is 296 g/mol. The van der Waals surface area contributed by atoms with Gasteiger partial charge < -0.3 is 10.1 Å². The van der Waals surface area contributed by atoms with Gasteiger partial charge in [-0.25, -0.2) is 9.69 Å². The molecule has 1 aliphatic heterocycles. The molecule has 0 atom stereocenters. The maximum atomic E-state index is 12.6. The third kappa shape index (κ3) is 1.78. The topological polar surface area (TPSA) is 90.5 Å². The fourth-order valence-corrected chi connectivity index (χ4v) is 2.86. The largest absolute Gasteiger partial charge is 0.477 e. The van der Waals surface area contributed by atoms with Crippen molar-refractivity contribution in [1.82, 2.24) is 4.98 Å². The van der Waals surface area contributed by atoms with E-state index in [0.29, 0.717) is 27.7 Å². The van der Waals surface area contributed by atoms with E-state index in [1.165, 1.54) is 6.07 Å². The van der Waals surface area contributed by atoms with Crippen molar-refractivity contribution >= 4 is 34.4 Å². The van der Waals surface area contributed by atoms with Gasteiger partial charge in [0.2, 0.25) is 0 Å². The molecule has 3 aromatic rings. The standard InChI is InChI=1S/C17H10N2O4/c20-15-9-4-1-2-5-10(9)16(21)19(15)14-7-3-6-12-11(14)8-13(18-12)17(22)23/h1-8,18H,(H,22,23). The highest BCUT2D eigenvalue weighted by atomic mass is 16.4. The maximum absolute atomic E-state index is 12.6. The lowest BCUT2D eigenvalue weighted by atomic mass is 10.1. The molecule has 0 fully saturated rings. The third-order valence-corrected chi connectivity index (χ3v) is 3.91. The lowest BCUT2D eigenvalue weighted by Gasteiger charge is -2.14. The summed E-state index contributed by atoms with van der Waals surface area (Å²) in [5.41, 5.74) is 1.63. The smallest absolute Gasteiger partial charge is 0.352 e. The van der Waals surface area contributed by atoms with E-state index >= 15 is 0 Å². The first-order chi connectivity index (χ1) is 11.1. The highest BCUT2D eigenvalue weighted by molar-refractivity contribution is 6.36. The number of aromatic amines is 1. The number of aromatic nitrogens is 1. The van der Waals surface area contributed by atoms with E-state index in [9.17, 15) is 14.4 Å². The molecule has 6 heteroatoms. The number of carboxylic acids is 1. The lowest BCUT2D eigenvalue weighted by molar-refractivity contribution is 0.0691. The van der Waals surface area contributed by atoms with Crippen LogP contribution in [0.2, 0.25) is 0 Å². The maximum Gasteiger partial charge on any atom is 0.352 e. The Morgan fingerprint density at radius 2 is 1.61 bits per heavy atom. The number of anilines is 1. The molecule has 0 saturated carbocycles. The van der Waals surface area contributed by atoms with Crippen LogP contribution in [0.4, 0.5) is 5.69 Å². The second kappa shape index (κ2) is 4.54. The summed E-state index contributed by atoms with van der Waals surface area (Å²) in [7, 11) is 0. The van der Waals surface area contributed by atoms with E-state index in [-0.39, 0.29) is 5.69 Å². The van der Waals surface area contributed by atoms with Crippen LogP contribution in [0.15, 0.2) is 48.5 Å². The van der Waals surface area contributed by atoms with Gasteiger partial charge in [-0.2, -0.15) is 0 Å². The number of rotatable bonds is 2. The van der Waals surface area contributed by atoms with Crippen molar-refractivity contribution in [3.8, 4) is 0 Å². The zero-order chi connectivity index (χ0) is 16.1. The molecule has 23 heavy (non-hydrogen) atoms. The Labute approximate surface area is 130 Å². The van der Waals surface area contributed by atoms with Gasteiger partial charge in [0, 0.05) is 10.9 Å². The van der Waals surface area contributed by atoms with E-state index in [4.69, 9.17) is 5.11 Å². The van der Waals surface area contributed by atoms with E-state index in [0.717, 1.165) is 4.90 Å². The number of H-pyrrole nitrogens is 1. The van der Waals surface area contributed by atoms with Crippen LogP contribution in [-0.4, -0.2) is 27.9 Å². The number of nitrogens with zero attached hydrogens (tertiary/aromatic N) is 1. The van der Waals surface area contributed by atoms with Gasteiger partial charge in [0.05, 0.1) is 16.8 Å². The monoisotopic (exact) mass is 306 g/mol. The number of carbonyl (C=O) groups is 3. The first kappa shape index (κ1) is 13.3. The summed E-state index contributed by atoms with van der Waals surface area (Å²) in [6.45, 7) is 0. The Morgan fingerprint density at radius 1 is 0.957 bits per heavy atom. The molecule has 0 unspecified atom stereocenters. The molecule has 0 saturated heterocycles. The van der Waals surface area contributed by atoms with E-state index < -0.39 is 17.8 Å². The predicted octanol–water partition coefficient (Wildman–Crippen LogP) is 2.67. The molecule has 2 amide bonds. The van der Waals surface area contributed by atoms with E-state index in [1.807, 2.05) is 0 Å². The molecule has 6 nitrogen and oxygen atoms in total. The summed E-state index contributed by atoms with van der Waals surface area (Å²) in [5, 5.41) is 9.62. The number of aromatic carboxylic acids is 1. The Bertz CT molecular complexity index is 968. The number of imide groups is 1. The van der Waals surface area contributed by atoms with E-state index in [2.05, 4.69) is 4.98 Å². The van der Waals surface area contributed by atoms with Gasteiger partial charge in [-0.15, -0.1) is 0 Å². The number of hydrogen-bond acceptors (Lipinski definition) is 3. The fourth-order valence-electron chi connectivity index (χ4n) is 2.86. The molecule has 2 N–H and O–H groups in total. The normalized spacial score (nSPS) is 13.7. The first-order valence-electron chi connectivity index (χ1n) is 6.91. The number of fused-ring (bicyclic) bond motifs is 2. The number of carbonyl (C=O) groups excluding carboxylic acids is 2. The molecule has 2 heterocycles. The van der Waals surface area contributed by atoms with Crippen LogP contribution in [0.1, 0.15) is 31.2 Å². The summed E-state index contributed by atoms with van der Waals surface area (Å²) in [6.07, 6.45) is 0. The highest BCUT2D eigenvalue weighted by Gasteiger charge is 2.37. The molecule has 0 bridgehead atoms. The SMILES string of the molecule is O=C(O)c1cc2c(N3C(=O)c4ccccc4C3=O)cccc2[nH]1. The summed E-state index contributed by atoms with van der Waals surface area (Å²) in [5.74, 6) is -1.91. The van der Waals surface area contributed by atoms with Gasteiger partial charge in [-0.1, -0.05) is 18.2 Å². The van der Waals surface area contributed by atoms with E-state index in [1.54, 1.807) is 42.5 Å². The molecule has 1 aliphatic rings. The molecule has 112 valence electrons. The number of nitrogens with one attached hydrogen (secondary N) is 1. The Kier molecular flexibility index (Phi) is 2.62.